The molecule has 1 amide bonds. The molecule has 5 heteroatoms. The number of nitrogens with zero attached hydrogens (tertiary/aromatic N) is 3. The van der Waals surface area contributed by atoms with E-state index in [1.807, 2.05) is 4.90 Å². The zero-order chi connectivity index (χ0) is 27.1. The number of pyridine rings is 1. The van der Waals surface area contributed by atoms with Gasteiger partial charge in [0.1, 0.15) is 0 Å². The van der Waals surface area contributed by atoms with Crippen LogP contribution in [0.5, 0.6) is 0 Å². The van der Waals surface area contributed by atoms with Gasteiger partial charge in [0, 0.05) is 43.9 Å². The van der Waals surface area contributed by atoms with E-state index in [9.17, 15) is 4.79 Å². The highest BCUT2D eigenvalue weighted by atomic mass is 16.5. The second-order valence-corrected chi connectivity index (χ2v) is 11.4. The van der Waals surface area contributed by atoms with Gasteiger partial charge in [0.05, 0.1) is 28.7 Å². The van der Waals surface area contributed by atoms with Crippen molar-refractivity contribution in [2.45, 2.75) is 78.9 Å². The van der Waals surface area contributed by atoms with E-state index in [0.717, 1.165) is 59.7 Å². The van der Waals surface area contributed by atoms with E-state index in [-0.39, 0.29) is 18.1 Å². The summed E-state index contributed by atoms with van der Waals surface area (Å²) in [6, 6.07) is 15.4. The fraction of sp³-hybridized carbons (Fsp3) is 0.455. The highest BCUT2D eigenvalue weighted by Gasteiger charge is 2.35. The number of hydrogen-bond acceptors (Lipinski definition) is 4. The summed E-state index contributed by atoms with van der Waals surface area (Å²) in [5.41, 5.74) is 10.7. The van der Waals surface area contributed by atoms with Crippen LogP contribution in [-0.2, 0) is 11.2 Å². The Morgan fingerprint density at radius 1 is 0.947 bits per heavy atom. The van der Waals surface area contributed by atoms with Gasteiger partial charge in [0.15, 0.2) is 0 Å². The molecule has 1 fully saturated rings. The predicted octanol–water partition coefficient (Wildman–Crippen LogP) is 7.00. The number of carbonyl (C=O) groups excluding carboxylic acids is 1. The van der Waals surface area contributed by atoms with Crippen LogP contribution in [0.3, 0.4) is 0 Å². The third-order valence-corrected chi connectivity index (χ3v) is 8.50. The lowest BCUT2D eigenvalue weighted by molar-refractivity contribution is 0.0720. The fourth-order valence-electron chi connectivity index (χ4n) is 6.23. The summed E-state index contributed by atoms with van der Waals surface area (Å²) in [5.74, 6) is 0.466. The summed E-state index contributed by atoms with van der Waals surface area (Å²) >= 11 is 0. The summed E-state index contributed by atoms with van der Waals surface area (Å²) in [6.45, 7) is 14.5. The summed E-state index contributed by atoms with van der Waals surface area (Å²) in [6.07, 6.45) is 2.89. The second kappa shape index (κ2) is 10.5. The number of aryl methyl sites for hydroxylation is 3. The number of hydrogen-bond donors (Lipinski definition) is 0. The third-order valence-electron chi connectivity index (χ3n) is 8.50. The van der Waals surface area contributed by atoms with Crippen molar-refractivity contribution in [3.63, 3.8) is 0 Å². The number of fused-ring (bicyclic) bond motifs is 1. The molecule has 0 unspecified atom stereocenters. The zero-order valence-corrected chi connectivity index (χ0v) is 24.0. The van der Waals surface area contributed by atoms with Crippen LogP contribution in [0, 0.1) is 20.8 Å². The van der Waals surface area contributed by atoms with Gasteiger partial charge in [-0.3, -0.25) is 9.78 Å². The van der Waals surface area contributed by atoms with E-state index >= 15 is 0 Å². The van der Waals surface area contributed by atoms with Crippen molar-refractivity contribution in [3.8, 4) is 11.3 Å². The first-order valence-corrected chi connectivity index (χ1v) is 14.0. The van der Waals surface area contributed by atoms with E-state index < -0.39 is 0 Å². The number of anilines is 2. The monoisotopic (exact) mass is 511 g/mol. The number of benzene rings is 2. The van der Waals surface area contributed by atoms with Gasteiger partial charge in [-0.05, 0) is 80.8 Å². The summed E-state index contributed by atoms with van der Waals surface area (Å²) in [4.78, 5) is 23.9. The molecule has 5 nitrogen and oxygen atoms in total. The van der Waals surface area contributed by atoms with E-state index in [0.29, 0.717) is 12.5 Å². The van der Waals surface area contributed by atoms with Crippen LogP contribution in [0.15, 0.2) is 42.5 Å². The Kier molecular flexibility index (Phi) is 7.32. The van der Waals surface area contributed by atoms with Crippen molar-refractivity contribution in [3.05, 3.63) is 76.0 Å². The summed E-state index contributed by atoms with van der Waals surface area (Å²) in [7, 11) is 1.80. The quantitative estimate of drug-likeness (QED) is 0.370. The number of amides is 1. The van der Waals surface area contributed by atoms with Crippen LogP contribution in [0.25, 0.3) is 11.3 Å². The molecule has 3 aromatic rings. The number of carbonyl (C=O) groups is 1. The van der Waals surface area contributed by atoms with Crippen LogP contribution in [0.1, 0.15) is 77.8 Å². The second-order valence-electron chi connectivity index (χ2n) is 11.4. The highest BCUT2D eigenvalue weighted by Crippen LogP contribution is 2.39. The average molecular weight is 512 g/mol. The molecule has 200 valence electrons. The maximum Gasteiger partial charge on any atom is 0.262 e. The van der Waals surface area contributed by atoms with Gasteiger partial charge in [-0.15, -0.1) is 0 Å². The molecule has 2 aromatic carbocycles. The van der Waals surface area contributed by atoms with E-state index in [2.05, 4.69) is 88.9 Å². The minimum absolute atomic E-state index is 0.0619. The van der Waals surface area contributed by atoms with Crippen molar-refractivity contribution in [2.75, 3.05) is 30.0 Å². The van der Waals surface area contributed by atoms with Crippen molar-refractivity contribution < 1.29 is 9.53 Å². The lowest BCUT2D eigenvalue weighted by Crippen LogP contribution is -2.46. The average Bonchev–Trinajstić information content (AvgIpc) is 2.88. The molecule has 2 aliphatic rings. The number of ether oxygens (including phenoxy) is 1. The number of aromatic nitrogens is 1. The lowest BCUT2D eigenvalue weighted by Gasteiger charge is -2.41. The normalized spacial score (nSPS) is 19.7. The molecule has 5 rings (SSSR count). The Balaban J connectivity index is 1.65. The zero-order valence-electron chi connectivity index (χ0n) is 24.0. The minimum Gasteiger partial charge on any atom is -0.381 e. The van der Waals surface area contributed by atoms with Crippen LogP contribution in [0.4, 0.5) is 11.4 Å². The first-order chi connectivity index (χ1) is 18.2. The Morgan fingerprint density at radius 2 is 1.68 bits per heavy atom. The van der Waals surface area contributed by atoms with Gasteiger partial charge >= 0.3 is 0 Å². The molecular weight excluding hydrogens is 470 g/mol. The molecule has 0 aliphatic carbocycles. The van der Waals surface area contributed by atoms with Crippen molar-refractivity contribution in [2.24, 2.45) is 0 Å². The van der Waals surface area contributed by atoms with Gasteiger partial charge in [-0.25, -0.2) is 0 Å². The molecule has 0 bridgehead atoms. The van der Waals surface area contributed by atoms with Gasteiger partial charge < -0.3 is 14.5 Å². The van der Waals surface area contributed by atoms with Crippen LogP contribution >= 0.6 is 0 Å². The van der Waals surface area contributed by atoms with Crippen LogP contribution < -0.4 is 9.80 Å². The van der Waals surface area contributed by atoms with Crippen LogP contribution in [-0.4, -0.2) is 43.2 Å². The minimum atomic E-state index is 0.0619. The largest absolute Gasteiger partial charge is 0.381 e. The van der Waals surface area contributed by atoms with E-state index in [1.165, 1.54) is 22.3 Å². The van der Waals surface area contributed by atoms with Gasteiger partial charge in [0.2, 0.25) is 0 Å². The Labute approximate surface area is 227 Å². The first kappa shape index (κ1) is 26.4. The summed E-state index contributed by atoms with van der Waals surface area (Å²) < 4.78 is 5.71. The standard InChI is InChI=1S/C33H41N3O2/c1-20(2)25-12-11-21(3)29(18-25)36-16-14-27-32(33(36)37)30(35-15-13-26(38-7)17-24(35)6)19-28(34-27)31-22(4)9-8-10-23(31)5/h8-12,18-20,24,26H,13-17H2,1-7H3/t24-,26-/m1/s1. The topological polar surface area (TPSA) is 45.7 Å². The molecule has 38 heavy (non-hydrogen) atoms. The Hall–Kier alpha value is -3.18. The number of piperidine rings is 1. The fourth-order valence-corrected chi connectivity index (χ4v) is 6.23. The van der Waals surface area contributed by atoms with Crippen molar-refractivity contribution in [1.29, 1.82) is 0 Å². The van der Waals surface area contributed by atoms with Crippen LogP contribution in [0.2, 0.25) is 0 Å². The Morgan fingerprint density at radius 3 is 2.34 bits per heavy atom. The van der Waals surface area contributed by atoms with E-state index in [1.54, 1.807) is 7.11 Å². The summed E-state index contributed by atoms with van der Waals surface area (Å²) in [5, 5.41) is 0. The van der Waals surface area contributed by atoms with Gasteiger partial charge in [0.25, 0.3) is 5.91 Å². The molecule has 2 aliphatic heterocycles. The third kappa shape index (κ3) is 4.73. The number of rotatable bonds is 5. The van der Waals surface area contributed by atoms with Gasteiger partial charge in [-0.2, -0.15) is 0 Å². The maximum atomic E-state index is 14.4. The number of methoxy groups -OCH3 is 1. The maximum absolute atomic E-state index is 14.4. The molecule has 0 radical (unpaired) electrons. The molecule has 3 heterocycles. The molecule has 0 N–H and O–H groups in total. The van der Waals surface area contributed by atoms with E-state index in [4.69, 9.17) is 9.72 Å². The molecular formula is C33H41N3O2. The molecule has 0 spiro atoms. The SMILES string of the molecule is CO[C@@H]1CCN(c2cc(-c3c(C)cccc3C)nc3c2C(=O)N(c2cc(C(C)C)ccc2C)CC3)[C@H](C)C1. The molecule has 0 saturated carbocycles. The Bertz CT molecular complexity index is 1340. The molecule has 1 saturated heterocycles. The molecule has 2 atom stereocenters. The predicted molar refractivity (Wildman–Crippen MR) is 157 cm³/mol. The van der Waals surface area contributed by atoms with Gasteiger partial charge in [-0.1, -0.05) is 44.2 Å². The highest BCUT2D eigenvalue weighted by molar-refractivity contribution is 6.12. The lowest BCUT2D eigenvalue weighted by atomic mass is 9.92. The first-order valence-electron chi connectivity index (χ1n) is 14.0. The molecule has 1 aromatic heterocycles. The van der Waals surface area contributed by atoms with Crippen molar-refractivity contribution in [1.82, 2.24) is 4.98 Å². The smallest absolute Gasteiger partial charge is 0.262 e. The van der Waals surface area contributed by atoms with Crippen molar-refractivity contribution >= 4 is 17.3 Å².